The first kappa shape index (κ1) is 17.9. The molecular weight excluding hydrogens is 342 g/mol. The lowest BCUT2D eigenvalue weighted by atomic mass is 9.93. The van der Waals surface area contributed by atoms with Crippen LogP contribution in [0, 0.1) is 5.92 Å². The highest BCUT2D eigenvalue weighted by Gasteiger charge is 2.28. The van der Waals surface area contributed by atoms with E-state index in [1.54, 1.807) is 6.07 Å². The second-order valence-corrected chi connectivity index (χ2v) is 7.36. The highest BCUT2D eigenvalue weighted by Crippen LogP contribution is 2.23. The second kappa shape index (κ2) is 8.05. The molecule has 27 heavy (non-hydrogen) atoms. The van der Waals surface area contributed by atoms with Crippen LogP contribution >= 0.6 is 0 Å². The topological polar surface area (TPSA) is 75.3 Å². The number of fused-ring (bicyclic) bond motifs is 1. The number of H-pyrrole nitrogens is 1. The van der Waals surface area contributed by atoms with Gasteiger partial charge in [0.15, 0.2) is 0 Å². The van der Waals surface area contributed by atoms with E-state index in [9.17, 15) is 9.59 Å². The molecule has 1 saturated heterocycles. The number of nitrogens with one attached hydrogen (secondary N) is 1. The Hall–Kier alpha value is -2.47. The minimum atomic E-state index is -0.166. The third-order valence-corrected chi connectivity index (χ3v) is 5.38. The predicted molar refractivity (Wildman–Crippen MR) is 103 cm³/mol. The summed E-state index contributed by atoms with van der Waals surface area (Å²) in [5.41, 5.74) is 0.488. The molecule has 0 spiro atoms. The molecule has 0 radical (unpaired) electrons. The summed E-state index contributed by atoms with van der Waals surface area (Å²) in [5, 5.41) is 0.565. The van der Waals surface area contributed by atoms with Crippen LogP contribution in [-0.4, -0.2) is 40.0 Å². The zero-order valence-electron chi connectivity index (χ0n) is 15.4. The fourth-order valence-corrected chi connectivity index (χ4v) is 3.93. The Bertz CT molecular complexity index is 899. The van der Waals surface area contributed by atoms with Crippen LogP contribution in [-0.2, 0) is 16.1 Å². The van der Waals surface area contributed by atoms with Crippen LogP contribution in [0.2, 0.25) is 0 Å². The maximum atomic E-state index is 13.2. The number of amides is 1. The molecule has 1 aromatic carbocycles. The predicted octanol–water partition coefficient (Wildman–Crippen LogP) is 2.79. The van der Waals surface area contributed by atoms with Crippen molar-refractivity contribution in [3.8, 4) is 0 Å². The SMILES string of the molecule is O=C([C@@H]1CC=CCC1)N(Cc1nc2ccccc2c(=O)[nH]1)C[C@@H]1CCCO1. The highest BCUT2D eigenvalue weighted by molar-refractivity contribution is 5.79. The summed E-state index contributed by atoms with van der Waals surface area (Å²) in [7, 11) is 0. The molecule has 1 amide bonds. The van der Waals surface area contributed by atoms with E-state index < -0.39 is 0 Å². The number of aromatic amines is 1. The molecule has 6 nitrogen and oxygen atoms in total. The zero-order chi connectivity index (χ0) is 18.6. The summed E-state index contributed by atoms with van der Waals surface area (Å²) in [5.74, 6) is 0.658. The van der Waals surface area contributed by atoms with Gasteiger partial charge in [-0.05, 0) is 44.2 Å². The molecule has 2 aliphatic rings. The molecule has 6 heteroatoms. The molecule has 0 saturated carbocycles. The number of para-hydroxylation sites is 1. The van der Waals surface area contributed by atoms with Crippen molar-refractivity contribution in [2.75, 3.05) is 13.2 Å². The van der Waals surface area contributed by atoms with Crippen molar-refractivity contribution in [2.24, 2.45) is 5.92 Å². The van der Waals surface area contributed by atoms with Crippen molar-refractivity contribution in [2.45, 2.75) is 44.8 Å². The first-order chi connectivity index (χ1) is 13.2. The molecule has 1 aromatic heterocycles. The number of nitrogens with zero attached hydrogens (tertiary/aromatic N) is 2. The maximum absolute atomic E-state index is 13.2. The van der Waals surface area contributed by atoms with Crippen LogP contribution in [0.4, 0.5) is 0 Å². The van der Waals surface area contributed by atoms with Crippen molar-refractivity contribution >= 4 is 16.8 Å². The average Bonchev–Trinajstić information content (AvgIpc) is 3.21. The Kier molecular flexibility index (Phi) is 5.34. The summed E-state index contributed by atoms with van der Waals surface area (Å²) >= 11 is 0. The number of allylic oxidation sites excluding steroid dienone is 2. The number of carbonyl (C=O) groups is 1. The van der Waals surface area contributed by atoms with Crippen molar-refractivity contribution in [1.82, 2.24) is 14.9 Å². The monoisotopic (exact) mass is 367 g/mol. The van der Waals surface area contributed by atoms with E-state index in [0.717, 1.165) is 38.7 Å². The molecular formula is C21H25N3O3. The fraction of sp³-hybridized carbons (Fsp3) is 0.476. The van der Waals surface area contributed by atoms with Gasteiger partial charge in [0.05, 0.1) is 23.6 Å². The minimum absolute atomic E-state index is 0.00332. The lowest BCUT2D eigenvalue weighted by Gasteiger charge is -2.29. The Labute approximate surface area is 158 Å². The van der Waals surface area contributed by atoms with Gasteiger partial charge >= 0.3 is 0 Å². The van der Waals surface area contributed by atoms with Gasteiger partial charge in [-0.2, -0.15) is 0 Å². The van der Waals surface area contributed by atoms with E-state index in [-0.39, 0.29) is 23.5 Å². The number of carbonyl (C=O) groups excluding carboxylic acids is 1. The number of rotatable bonds is 5. The van der Waals surface area contributed by atoms with Gasteiger partial charge in [-0.25, -0.2) is 4.98 Å². The summed E-state index contributed by atoms with van der Waals surface area (Å²) in [4.78, 5) is 34.8. The molecule has 142 valence electrons. The van der Waals surface area contributed by atoms with E-state index in [4.69, 9.17) is 4.74 Å². The van der Waals surface area contributed by atoms with Crippen LogP contribution in [0.5, 0.6) is 0 Å². The van der Waals surface area contributed by atoms with Crippen molar-refractivity contribution in [3.05, 3.63) is 52.6 Å². The van der Waals surface area contributed by atoms with E-state index in [0.29, 0.717) is 29.8 Å². The van der Waals surface area contributed by atoms with Gasteiger partial charge in [0.1, 0.15) is 5.82 Å². The van der Waals surface area contributed by atoms with Crippen molar-refractivity contribution in [3.63, 3.8) is 0 Å². The molecule has 0 bridgehead atoms. The molecule has 1 aliphatic heterocycles. The van der Waals surface area contributed by atoms with Crippen LogP contribution in [0.3, 0.4) is 0 Å². The molecule has 1 fully saturated rings. The third kappa shape index (κ3) is 4.11. The lowest BCUT2D eigenvalue weighted by molar-refractivity contribution is -0.138. The second-order valence-electron chi connectivity index (χ2n) is 7.36. The maximum Gasteiger partial charge on any atom is 0.258 e. The number of hydrogen-bond donors (Lipinski definition) is 1. The smallest absolute Gasteiger partial charge is 0.258 e. The summed E-state index contributed by atoms with van der Waals surface area (Å²) < 4.78 is 5.75. The fourth-order valence-electron chi connectivity index (χ4n) is 3.93. The number of aromatic nitrogens is 2. The van der Waals surface area contributed by atoms with Crippen LogP contribution in [0.1, 0.15) is 37.9 Å². The van der Waals surface area contributed by atoms with E-state index in [2.05, 4.69) is 22.1 Å². The molecule has 4 rings (SSSR count). The first-order valence-electron chi connectivity index (χ1n) is 9.74. The van der Waals surface area contributed by atoms with Gasteiger partial charge in [0.2, 0.25) is 5.91 Å². The Morgan fingerprint density at radius 1 is 1.26 bits per heavy atom. The minimum Gasteiger partial charge on any atom is -0.376 e. The van der Waals surface area contributed by atoms with Gasteiger partial charge in [-0.3, -0.25) is 9.59 Å². The number of ether oxygens (including phenoxy) is 1. The molecule has 2 heterocycles. The van der Waals surface area contributed by atoms with Gasteiger partial charge in [-0.15, -0.1) is 0 Å². The normalized spacial score (nSPS) is 22.2. The van der Waals surface area contributed by atoms with E-state index >= 15 is 0 Å². The highest BCUT2D eigenvalue weighted by atomic mass is 16.5. The van der Waals surface area contributed by atoms with Gasteiger partial charge in [0.25, 0.3) is 5.56 Å². The lowest BCUT2D eigenvalue weighted by Crippen LogP contribution is -2.41. The Balaban J connectivity index is 1.58. The molecule has 0 unspecified atom stereocenters. The Morgan fingerprint density at radius 3 is 2.93 bits per heavy atom. The van der Waals surface area contributed by atoms with E-state index in [1.165, 1.54) is 0 Å². The van der Waals surface area contributed by atoms with Crippen LogP contribution in [0.15, 0.2) is 41.2 Å². The first-order valence-corrected chi connectivity index (χ1v) is 9.74. The van der Waals surface area contributed by atoms with Crippen molar-refractivity contribution < 1.29 is 9.53 Å². The quantitative estimate of drug-likeness (QED) is 0.825. The van der Waals surface area contributed by atoms with Gasteiger partial charge in [-0.1, -0.05) is 24.3 Å². The molecule has 1 aliphatic carbocycles. The average molecular weight is 367 g/mol. The molecule has 2 aromatic rings. The summed E-state index contributed by atoms with van der Waals surface area (Å²) in [6.07, 6.45) is 8.89. The van der Waals surface area contributed by atoms with Gasteiger partial charge < -0.3 is 14.6 Å². The largest absolute Gasteiger partial charge is 0.376 e. The third-order valence-electron chi connectivity index (χ3n) is 5.38. The van der Waals surface area contributed by atoms with Crippen molar-refractivity contribution in [1.29, 1.82) is 0 Å². The van der Waals surface area contributed by atoms with Crippen LogP contribution < -0.4 is 5.56 Å². The summed E-state index contributed by atoms with van der Waals surface area (Å²) in [6.45, 7) is 1.61. The standard InChI is InChI=1S/C21H25N3O3/c25-20-17-10-4-5-11-18(17)22-19(23-20)14-24(13-16-9-6-12-27-16)21(26)15-7-2-1-3-8-15/h1-2,4-5,10-11,15-16H,3,6-9,12-14H2,(H,22,23,25)/t15-,16+/m1/s1. The number of hydrogen-bond acceptors (Lipinski definition) is 4. The Morgan fingerprint density at radius 2 is 2.15 bits per heavy atom. The van der Waals surface area contributed by atoms with E-state index in [1.807, 2.05) is 23.1 Å². The summed E-state index contributed by atoms with van der Waals surface area (Å²) in [6, 6.07) is 7.27. The molecule has 2 atom stereocenters. The van der Waals surface area contributed by atoms with Gasteiger partial charge in [0, 0.05) is 19.1 Å². The zero-order valence-corrected chi connectivity index (χ0v) is 15.4. The van der Waals surface area contributed by atoms with Crippen LogP contribution in [0.25, 0.3) is 10.9 Å². The number of benzene rings is 1. The molecule has 1 N–H and O–H groups in total.